The number of hydrogen-bond donors (Lipinski definition) is 3. The Morgan fingerprint density at radius 3 is 2.44 bits per heavy atom. The molecule has 3 N–H and O–H groups in total. The van der Waals surface area contributed by atoms with Gasteiger partial charge >= 0.3 is 6.03 Å². The van der Waals surface area contributed by atoms with Crippen molar-refractivity contribution in [3.05, 3.63) is 17.0 Å². The first kappa shape index (κ1) is 14.5. The number of carbonyl (C=O) groups excluding carboxylic acids is 1. The molecule has 0 fully saturated rings. The third kappa shape index (κ3) is 4.03. The van der Waals surface area contributed by atoms with Crippen LogP contribution >= 0.6 is 0 Å². The Morgan fingerprint density at radius 1 is 1.33 bits per heavy atom. The zero-order chi connectivity index (χ0) is 13.7. The quantitative estimate of drug-likeness (QED) is 0.729. The van der Waals surface area contributed by atoms with Crippen LogP contribution in [-0.4, -0.2) is 35.0 Å². The number of amides is 2. The fourth-order valence-electron chi connectivity index (χ4n) is 1.69. The topological polar surface area (TPSA) is 87.4 Å². The summed E-state index contributed by atoms with van der Waals surface area (Å²) in [5, 5.41) is 18.1. The number of nitrogens with zero attached hydrogens (tertiary/aromatic N) is 1. The number of aromatic nitrogens is 1. The number of carbonyl (C=O) groups is 1. The number of nitrogens with one attached hydrogen (secondary N) is 2. The van der Waals surface area contributed by atoms with Gasteiger partial charge in [0.05, 0.1) is 18.3 Å². The van der Waals surface area contributed by atoms with Crippen molar-refractivity contribution in [3.63, 3.8) is 0 Å². The van der Waals surface area contributed by atoms with Crippen LogP contribution in [0.3, 0.4) is 0 Å². The van der Waals surface area contributed by atoms with Gasteiger partial charge in [0.2, 0.25) is 0 Å². The SMILES string of the molecule is Cc1noc(C)c1CC(C)NC(=O)NC(C)CO. The molecule has 2 atom stereocenters. The number of aliphatic hydroxyl groups excluding tert-OH is 1. The first-order valence-electron chi connectivity index (χ1n) is 6.03. The van der Waals surface area contributed by atoms with E-state index in [9.17, 15) is 4.79 Å². The van der Waals surface area contributed by atoms with E-state index in [1.165, 1.54) is 0 Å². The summed E-state index contributed by atoms with van der Waals surface area (Å²) in [7, 11) is 0. The molecule has 6 nitrogen and oxygen atoms in total. The lowest BCUT2D eigenvalue weighted by atomic mass is 10.1. The van der Waals surface area contributed by atoms with Gasteiger partial charge in [-0.25, -0.2) is 4.79 Å². The second kappa shape index (κ2) is 6.39. The van der Waals surface area contributed by atoms with Crippen LogP contribution in [0, 0.1) is 13.8 Å². The molecule has 1 aromatic heterocycles. The first-order chi connectivity index (χ1) is 8.43. The lowest BCUT2D eigenvalue weighted by Gasteiger charge is -2.16. The summed E-state index contributed by atoms with van der Waals surface area (Å²) < 4.78 is 5.07. The minimum atomic E-state index is -0.282. The van der Waals surface area contributed by atoms with E-state index in [1.807, 2.05) is 20.8 Å². The molecule has 102 valence electrons. The molecule has 18 heavy (non-hydrogen) atoms. The second-order valence-electron chi connectivity index (χ2n) is 4.61. The molecule has 0 radical (unpaired) electrons. The monoisotopic (exact) mass is 255 g/mol. The largest absolute Gasteiger partial charge is 0.394 e. The minimum absolute atomic E-state index is 0.0345. The van der Waals surface area contributed by atoms with Gasteiger partial charge < -0.3 is 20.3 Å². The van der Waals surface area contributed by atoms with Gasteiger partial charge in [-0.05, 0) is 34.1 Å². The predicted octanol–water partition coefficient (Wildman–Crippen LogP) is 0.902. The zero-order valence-corrected chi connectivity index (χ0v) is 11.3. The van der Waals surface area contributed by atoms with Gasteiger partial charge in [-0.1, -0.05) is 5.16 Å². The smallest absolute Gasteiger partial charge is 0.315 e. The van der Waals surface area contributed by atoms with E-state index < -0.39 is 0 Å². The maximum absolute atomic E-state index is 11.5. The second-order valence-corrected chi connectivity index (χ2v) is 4.61. The average Bonchev–Trinajstić information content (AvgIpc) is 2.60. The van der Waals surface area contributed by atoms with Crippen LogP contribution in [0.2, 0.25) is 0 Å². The Hall–Kier alpha value is -1.56. The average molecular weight is 255 g/mol. The van der Waals surface area contributed by atoms with Crippen molar-refractivity contribution < 1.29 is 14.4 Å². The fraction of sp³-hybridized carbons (Fsp3) is 0.667. The van der Waals surface area contributed by atoms with Crippen LogP contribution in [0.5, 0.6) is 0 Å². The van der Waals surface area contributed by atoms with Crippen LogP contribution in [0.25, 0.3) is 0 Å². The Morgan fingerprint density at radius 2 is 1.94 bits per heavy atom. The van der Waals surface area contributed by atoms with E-state index in [-0.39, 0.29) is 24.7 Å². The number of hydrogen-bond acceptors (Lipinski definition) is 4. The van der Waals surface area contributed by atoms with Crippen molar-refractivity contribution in [1.82, 2.24) is 15.8 Å². The van der Waals surface area contributed by atoms with Crippen molar-refractivity contribution in [1.29, 1.82) is 0 Å². The summed E-state index contributed by atoms with van der Waals surface area (Å²) in [6.45, 7) is 7.31. The molecule has 1 heterocycles. The van der Waals surface area contributed by atoms with Crippen LogP contribution in [0.15, 0.2) is 4.52 Å². The molecule has 2 amide bonds. The molecule has 0 saturated heterocycles. The van der Waals surface area contributed by atoms with Crippen LogP contribution < -0.4 is 10.6 Å². The number of aryl methyl sites for hydroxylation is 2. The van der Waals surface area contributed by atoms with E-state index in [2.05, 4.69) is 15.8 Å². The van der Waals surface area contributed by atoms with Gasteiger partial charge in [-0.2, -0.15) is 0 Å². The van der Waals surface area contributed by atoms with Gasteiger partial charge in [0.1, 0.15) is 5.76 Å². The van der Waals surface area contributed by atoms with Crippen molar-refractivity contribution in [2.75, 3.05) is 6.61 Å². The van der Waals surface area contributed by atoms with Gasteiger partial charge in [0.15, 0.2) is 0 Å². The van der Waals surface area contributed by atoms with Gasteiger partial charge in [0.25, 0.3) is 0 Å². The maximum atomic E-state index is 11.5. The van der Waals surface area contributed by atoms with Gasteiger partial charge in [-0.15, -0.1) is 0 Å². The molecule has 0 spiro atoms. The number of rotatable bonds is 5. The zero-order valence-electron chi connectivity index (χ0n) is 11.3. The molecular formula is C12H21N3O3. The third-order valence-electron chi connectivity index (χ3n) is 2.72. The molecule has 0 aliphatic heterocycles. The standard InChI is InChI=1S/C12H21N3O3/c1-7(13-12(17)14-8(2)6-16)5-11-9(3)15-18-10(11)4/h7-8,16H,5-6H2,1-4H3,(H2,13,14,17). The van der Waals surface area contributed by atoms with E-state index >= 15 is 0 Å². The Balaban J connectivity index is 2.47. The summed E-state index contributed by atoms with van der Waals surface area (Å²) in [5.74, 6) is 0.783. The number of aliphatic hydroxyl groups is 1. The summed E-state index contributed by atoms with van der Waals surface area (Å²) in [6, 6.07) is -0.570. The summed E-state index contributed by atoms with van der Waals surface area (Å²) >= 11 is 0. The van der Waals surface area contributed by atoms with E-state index in [1.54, 1.807) is 6.92 Å². The minimum Gasteiger partial charge on any atom is -0.394 e. The molecule has 0 aromatic carbocycles. The molecule has 2 unspecified atom stereocenters. The highest BCUT2D eigenvalue weighted by atomic mass is 16.5. The maximum Gasteiger partial charge on any atom is 0.315 e. The van der Waals surface area contributed by atoms with Crippen molar-refractivity contribution in [2.24, 2.45) is 0 Å². The summed E-state index contributed by atoms with van der Waals surface area (Å²) in [6.07, 6.45) is 0.669. The van der Waals surface area contributed by atoms with Crippen molar-refractivity contribution in [2.45, 2.75) is 46.2 Å². The molecule has 0 saturated carbocycles. The predicted molar refractivity (Wildman–Crippen MR) is 67.4 cm³/mol. The van der Waals surface area contributed by atoms with E-state index in [4.69, 9.17) is 9.63 Å². The molecular weight excluding hydrogens is 234 g/mol. The fourth-order valence-corrected chi connectivity index (χ4v) is 1.69. The highest BCUT2D eigenvalue weighted by molar-refractivity contribution is 5.74. The molecule has 6 heteroatoms. The van der Waals surface area contributed by atoms with E-state index in [0.717, 1.165) is 17.0 Å². The molecule has 0 bridgehead atoms. The van der Waals surface area contributed by atoms with E-state index in [0.29, 0.717) is 6.42 Å². The molecule has 1 rings (SSSR count). The Labute approximate surface area is 107 Å². The van der Waals surface area contributed by atoms with Crippen LogP contribution in [0.4, 0.5) is 4.79 Å². The van der Waals surface area contributed by atoms with Crippen molar-refractivity contribution >= 4 is 6.03 Å². The highest BCUT2D eigenvalue weighted by Gasteiger charge is 2.15. The Bertz CT molecular complexity index is 384. The first-order valence-corrected chi connectivity index (χ1v) is 6.03. The summed E-state index contributed by atoms with van der Waals surface area (Å²) in [4.78, 5) is 11.5. The van der Waals surface area contributed by atoms with Gasteiger partial charge in [0, 0.05) is 11.6 Å². The lowest BCUT2D eigenvalue weighted by Crippen LogP contribution is -2.46. The highest BCUT2D eigenvalue weighted by Crippen LogP contribution is 2.14. The summed E-state index contributed by atoms with van der Waals surface area (Å²) in [5.41, 5.74) is 1.88. The molecule has 0 aliphatic rings. The number of urea groups is 1. The third-order valence-corrected chi connectivity index (χ3v) is 2.72. The normalized spacial score (nSPS) is 14.1. The van der Waals surface area contributed by atoms with Crippen LogP contribution in [-0.2, 0) is 6.42 Å². The van der Waals surface area contributed by atoms with Crippen LogP contribution in [0.1, 0.15) is 30.9 Å². The molecule has 0 aliphatic carbocycles. The molecule has 1 aromatic rings. The Kier molecular flexibility index (Phi) is 5.15. The van der Waals surface area contributed by atoms with Crippen molar-refractivity contribution in [3.8, 4) is 0 Å². The van der Waals surface area contributed by atoms with Gasteiger partial charge in [-0.3, -0.25) is 0 Å². The lowest BCUT2D eigenvalue weighted by molar-refractivity contribution is 0.218.